The van der Waals surface area contributed by atoms with E-state index < -0.39 is 11.9 Å². The van der Waals surface area contributed by atoms with Crippen LogP contribution in [0, 0.1) is 5.92 Å². The standard InChI is InChI=1S/C25H43NO.C2H2O4/c1-5-25(3,4)23-12-14-24(15-13-23)27-21-11-9-7-6-8-10-18-26-19-16-22(2)17-20-26;3-1(4)2(5)6/h12-15,22H,5-11,16-21H2,1-4H3;(H,3,4)(H,5,6). The molecule has 6 nitrogen and oxygen atoms in total. The molecular weight excluding hydrogens is 418 g/mol. The molecule has 188 valence electrons. The van der Waals surface area contributed by atoms with E-state index in [4.69, 9.17) is 24.5 Å². The highest BCUT2D eigenvalue weighted by Gasteiger charge is 2.17. The molecule has 1 fully saturated rings. The predicted octanol–water partition coefficient (Wildman–Crippen LogP) is 5.98. The minimum absolute atomic E-state index is 0.255. The molecule has 1 aliphatic heterocycles. The summed E-state index contributed by atoms with van der Waals surface area (Å²) in [5.41, 5.74) is 1.65. The maximum atomic E-state index is 9.10. The SMILES string of the molecule is CCC(C)(C)c1ccc(OCCCCCCCCN2CCC(C)CC2)cc1.O=C(O)C(=O)O. The molecule has 0 radical (unpaired) electrons. The van der Waals surface area contributed by atoms with E-state index >= 15 is 0 Å². The maximum Gasteiger partial charge on any atom is 0.414 e. The molecule has 2 rings (SSSR count). The van der Waals surface area contributed by atoms with Gasteiger partial charge in [-0.2, -0.15) is 0 Å². The molecule has 0 aromatic heterocycles. The Hall–Kier alpha value is -2.08. The fourth-order valence-corrected chi connectivity index (χ4v) is 3.83. The number of nitrogens with zero attached hydrogens (tertiary/aromatic N) is 1. The van der Waals surface area contributed by atoms with Crippen LogP contribution in [0.2, 0.25) is 0 Å². The van der Waals surface area contributed by atoms with Gasteiger partial charge in [0.1, 0.15) is 5.75 Å². The van der Waals surface area contributed by atoms with Crippen LogP contribution in [0.25, 0.3) is 0 Å². The minimum atomic E-state index is -1.82. The van der Waals surface area contributed by atoms with Crippen LogP contribution in [0.3, 0.4) is 0 Å². The molecular formula is C27H45NO5. The molecule has 2 N–H and O–H groups in total. The average Bonchev–Trinajstić information content (AvgIpc) is 2.80. The van der Waals surface area contributed by atoms with Gasteiger partial charge >= 0.3 is 11.9 Å². The molecule has 1 aromatic rings. The summed E-state index contributed by atoms with van der Waals surface area (Å²) in [5, 5.41) is 14.8. The summed E-state index contributed by atoms with van der Waals surface area (Å²) in [6, 6.07) is 8.71. The second kappa shape index (κ2) is 15.7. The quantitative estimate of drug-likeness (QED) is 0.293. The zero-order valence-corrected chi connectivity index (χ0v) is 21.1. The number of ether oxygens (including phenoxy) is 1. The number of hydrogen-bond donors (Lipinski definition) is 2. The van der Waals surface area contributed by atoms with Gasteiger partial charge in [-0.25, -0.2) is 9.59 Å². The number of hydrogen-bond acceptors (Lipinski definition) is 4. The Morgan fingerprint density at radius 1 is 0.939 bits per heavy atom. The van der Waals surface area contributed by atoms with E-state index in [1.165, 1.54) is 76.6 Å². The molecule has 0 bridgehead atoms. The number of carboxylic acids is 2. The molecule has 0 aliphatic carbocycles. The van der Waals surface area contributed by atoms with Gasteiger partial charge in [0.25, 0.3) is 0 Å². The Balaban J connectivity index is 0.000000801. The van der Waals surface area contributed by atoms with Crippen molar-refractivity contribution in [3.8, 4) is 5.75 Å². The molecule has 1 saturated heterocycles. The number of piperidine rings is 1. The summed E-state index contributed by atoms with van der Waals surface area (Å²) in [5.74, 6) is -1.68. The summed E-state index contributed by atoms with van der Waals surface area (Å²) in [6.07, 6.45) is 11.9. The maximum absolute atomic E-state index is 9.10. The second-order valence-corrected chi connectivity index (χ2v) is 9.87. The fourth-order valence-electron chi connectivity index (χ4n) is 3.83. The molecule has 0 spiro atoms. The lowest BCUT2D eigenvalue weighted by Crippen LogP contribution is -2.33. The monoisotopic (exact) mass is 463 g/mol. The summed E-state index contributed by atoms with van der Waals surface area (Å²) in [6.45, 7) is 14.1. The highest BCUT2D eigenvalue weighted by Crippen LogP contribution is 2.28. The second-order valence-electron chi connectivity index (χ2n) is 9.87. The number of unbranched alkanes of at least 4 members (excludes halogenated alkanes) is 5. The highest BCUT2D eigenvalue weighted by atomic mass is 16.5. The normalized spacial score (nSPS) is 14.9. The third-order valence-corrected chi connectivity index (χ3v) is 6.72. The van der Waals surface area contributed by atoms with Gasteiger partial charge in [0.2, 0.25) is 0 Å². The highest BCUT2D eigenvalue weighted by molar-refractivity contribution is 6.27. The first kappa shape index (κ1) is 29.0. The molecule has 33 heavy (non-hydrogen) atoms. The summed E-state index contributed by atoms with van der Waals surface area (Å²) >= 11 is 0. The van der Waals surface area contributed by atoms with Gasteiger partial charge in [-0.3, -0.25) is 0 Å². The number of rotatable bonds is 12. The minimum Gasteiger partial charge on any atom is -0.494 e. The molecule has 1 heterocycles. The number of aliphatic carboxylic acids is 2. The number of likely N-dealkylation sites (tertiary alicyclic amines) is 1. The average molecular weight is 464 g/mol. The third-order valence-electron chi connectivity index (χ3n) is 6.72. The molecule has 1 aliphatic rings. The number of carbonyl (C=O) groups is 2. The van der Waals surface area contributed by atoms with E-state index in [9.17, 15) is 0 Å². The molecule has 0 atom stereocenters. The Morgan fingerprint density at radius 2 is 1.45 bits per heavy atom. The Bertz CT molecular complexity index is 666. The number of benzene rings is 1. The van der Waals surface area contributed by atoms with Crippen LogP contribution in [0.1, 0.15) is 91.0 Å². The first-order valence-corrected chi connectivity index (χ1v) is 12.6. The van der Waals surface area contributed by atoms with E-state index in [0.29, 0.717) is 0 Å². The van der Waals surface area contributed by atoms with Gasteiger partial charge < -0.3 is 19.8 Å². The van der Waals surface area contributed by atoms with Crippen molar-refractivity contribution < 1.29 is 24.5 Å². The Morgan fingerprint density at radius 3 is 1.97 bits per heavy atom. The molecule has 1 aromatic carbocycles. The van der Waals surface area contributed by atoms with Gasteiger partial charge in [-0.05, 0) is 80.8 Å². The third kappa shape index (κ3) is 12.7. The first-order chi connectivity index (χ1) is 15.7. The zero-order valence-electron chi connectivity index (χ0n) is 21.1. The molecule has 0 unspecified atom stereocenters. The number of carboxylic acid groups (broad SMARTS) is 2. The van der Waals surface area contributed by atoms with Crippen molar-refractivity contribution >= 4 is 11.9 Å². The Labute approximate surface area is 200 Å². The van der Waals surface area contributed by atoms with E-state index in [0.717, 1.165) is 24.7 Å². The van der Waals surface area contributed by atoms with Gasteiger partial charge in [0, 0.05) is 0 Å². The smallest absolute Gasteiger partial charge is 0.414 e. The molecule has 6 heteroatoms. The van der Waals surface area contributed by atoms with Gasteiger partial charge in [0.15, 0.2) is 0 Å². The largest absolute Gasteiger partial charge is 0.494 e. The molecule has 0 saturated carbocycles. The van der Waals surface area contributed by atoms with Crippen LogP contribution >= 0.6 is 0 Å². The van der Waals surface area contributed by atoms with Crippen LogP contribution in [-0.2, 0) is 15.0 Å². The van der Waals surface area contributed by atoms with Crippen LogP contribution in [-0.4, -0.2) is 53.3 Å². The van der Waals surface area contributed by atoms with E-state index in [-0.39, 0.29) is 5.41 Å². The van der Waals surface area contributed by atoms with E-state index in [1.54, 1.807) is 0 Å². The van der Waals surface area contributed by atoms with Crippen LogP contribution in [0.4, 0.5) is 0 Å². The van der Waals surface area contributed by atoms with E-state index in [2.05, 4.69) is 56.9 Å². The van der Waals surface area contributed by atoms with Crippen LogP contribution in [0.5, 0.6) is 5.75 Å². The zero-order chi connectivity index (χ0) is 24.7. The Kier molecular flexibility index (Phi) is 13.8. The van der Waals surface area contributed by atoms with Crippen molar-refractivity contribution in [1.29, 1.82) is 0 Å². The lowest BCUT2D eigenvalue weighted by atomic mass is 9.82. The summed E-state index contributed by atoms with van der Waals surface area (Å²) in [7, 11) is 0. The van der Waals surface area contributed by atoms with Crippen molar-refractivity contribution in [1.82, 2.24) is 4.90 Å². The van der Waals surface area contributed by atoms with Crippen molar-refractivity contribution in [3.05, 3.63) is 29.8 Å². The van der Waals surface area contributed by atoms with Gasteiger partial charge in [-0.1, -0.05) is 65.5 Å². The van der Waals surface area contributed by atoms with Crippen LogP contribution in [0.15, 0.2) is 24.3 Å². The van der Waals surface area contributed by atoms with Crippen molar-refractivity contribution in [2.75, 3.05) is 26.2 Å². The lowest BCUT2D eigenvalue weighted by Gasteiger charge is -2.30. The van der Waals surface area contributed by atoms with Crippen molar-refractivity contribution in [3.63, 3.8) is 0 Å². The fraction of sp³-hybridized carbons (Fsp3) is 0.704. The topological polar surface area (TPSA) is 87.1 Å². The first-order valence-electron chi connectivity index (χ1n) is 12.6. The van der Waals surface area contributed by atoms with Crippen LogP contribution < -0.4 is 4.74 Å². The summed E-state index contributed by atoms with van der Waals surface area (Å²) < 4.78 is 5.92. The van der Waals surface area contributed by atoms with Crippen molar-refractivity contribution in [2.24, 2.45) is 5.92 Å². The summed E-state index contributed by atoms with van der Waals surface area (Å²) in [4.78, 5) is 20.9. The van der Waals surface area contributed by atoms with Gasteiger partial charge in [0.05, 0.1) is 6.61 Å². The lowest BCUT2D eigenvalue weighted by molar-refractivity contribution is -0.159. The van der Waals surface area contributed by atoms with E-state index in [1.807, 2.05) is 0 Å². The van der Waals surface area contributed by atoms with Crippen molar-refractivity contribution in [2.45, 2.75) is 90.9 Å². The molecule has 0 amide bonds. The van der Waals surface area contributed by atoms with Gasteiger partial charge in [-0.15, -0.1) is 0 Å². The predicted molar refractivity (Wildman–Crippen MR) is 133 cm³/mol.